The van der Waals surface area contributed by atoms with E-state index in [4.69, 9.17) is 0 Å². The smallest absolute Gasteiger partial charge is 0.390 e. The zero-order valence-corrected chi connectivity index (χ0v) is 16.0. The van der Waals surface area contributed by atoms with Gasteiger partial charge < -0.3 is 5.11 Å². The Labute approximate surface area is 162 Å². The predicted octanol–water partition coefficient (Wildman–Crippen LogP) is 2.57. The molecule has 2 atom stereocenters. The minimum atomic E-state index is -4.43. The summed E-state index contributed by atoms with van der Waals surface area (Å²) < 4.78 is 65.3. The summed E-state index contributed by atoms with van der Waals surface area (Å²) in [4.78, 5) is 1.82. The number of aliphatic hydroxyl groups excluding tert-OH is 1. The highest BCUT2D eigenvalue weighted by Gasteiger charge is 2.40. The van der Waals surface area contributed by atoms with Gasteiger partial charge in [-0.1, -0.05) is 36.4 Å². The topological polar surface area (TPSA) is 60.9 Å². The van der Waals surface area contributed by atoms with Crippen LogP contribution >= 0.6 is 0 Å². The number of alkyl halides is 3. The molecule has 1 N–H and O–H groups in total. The summed E-state index contributed by atoms with van der Waals surface area (Å²) in [6.45, 7) is 0.160. The van der Waals surface area contributed by atoms with Crippen molar-refractivity contribution in [3.8, 4) is 0 Å². The van der Waals surface area contributed by atoms with Gasteiger partial charge in [0.25, 0.3) is 0 Å². The first kappa shape index (κ1) is 20.8. The van der Waals surface area contributed by atoms with Gasteiger partial charge in [-0.3, -0.25) is 4.90 Å². The number of halogens is 3. The maximum absolute atomic E-state index is 12.9. The van der Waals surface area contributed by atoms with Crippen LogP contribution in [0.2, 0.25) is 0 Å². The largest absolute Gasteiger partial charge is 0.416 e. The molecule has 0 bridgehead atoms. The van der Waals surface area contributed by atoms with Crippen LogP contribution in [-0.2, 0) is 22.7 Å². The highest BCUT2D eigenvalue weighted by atomic mass is 32.2. The van der Waals surface area contributed by atoms with E-state index in [1.54, 1.807) is 36.2 Å². The van der Waals surface area contributed by atoms with Crippen molar-refractivity contribution in [2.24, 2.45) is 0 Å². The third kappa shape index (κ3) is 4.38. The molecule has 0 amide bonds. The lowest BCUT2D eigenvalue weighted by molar-refractivity contribution is -0.137. The molecule has 28 heavy (non-hydrogen) atoms. The molecule has 0 unspecified atom stereocenters. The number of hydrogen-bond donors (Lipinski definition) is 1. The number of hydrogen-bond acceptors (Lipinski definition) is 4. The molecule has 0 aliphatic carbocycles. The lowest BCUT2D eigenvalue weighted by Gasteiger charge is -2.26. The van der Waals surface area contributed by atoms with Crippen LogP contribution in [0.3, 0.4) is 0 Å². The lowest BCUT2D eigenvalue weighted by atomic mass is 10.1. The van der Waals surface area contributed by atoms with Crippen molar-refractivity contribution in [3.05, 3.63) is 65.7 Å². The van der Waals surface area contributed by atoms with E-state index < -0.39 is 33.9 Å². The molecule has 1 heterocycles. The van der Waals surface area contributed by atoms with Crippen molar-refractivity contribution in [1.29, 1.82) is 0 Å². The number of rotatable bonds is 5. The van der Waals surface area contributed by atoms with Gasteiger partial charge in [-0.25, -0.2) is 8.42 Å². The van der Waals surface area contributed by atoms with E-state index in [1.807, 2.05) is 0 Å². The molecule has 1 saturated heterocycles. The van der Waals surface area contributed by atoms with Crippen LogP contribution in [0.1, 0.15) is 11.1 Å². The SMILES string of the molecule is CN(Cc1cccc(C(F)(F)F)c1)[C@H]1CN(S(=O)(=O)c2ccccc2)C[C@@H]1O. The van der Waals surface area contributed by atoms with Gasteiger partial charge in [0, 0.05) is 19.6 Å². The average molecular weight is 414 g/mol. The van der Waals surface area contributed by atoms with Crippen molar-refractivity contribution in [2.75, 3.05) is 20.1 Å². The third-order valence-electron chi connectivity index (χ3n) is 4.86. The monoisotopic (exact) mass is 414 g/mol. The van der Waals surface area contributed by atoms with Gasteiger partial charge in [-0.2, -0.15) is 17.5 Å². The van der Waals surface area contributed by atoms with Crippen molar-refractivity contribution in [1.82, 2.24) is 9.21 Å². The molecule has 0 spiro atoms. The maximum atomic E-state index is 12.9. The van der Waals surface area contributed by atoms with Gasteiger partial charge >= 0.3 is 6.18 Å². The van der Waals surface area contributed by atoms with E-state index in [0.717, 1.165) is 12.1 Å². The fraction of sp³-hybridized carbons (Fsp3) is 0.368. The van der Waals surface area contributed by atoms with E-state index in [2.05, 4.69) is 0 Å². The Hall–Kier alpha value is -1.94. The Morgan fingerprint density at radius 1 is 1.11 bits per heavy atom. The van der Waals surface area contributed by atoms with E-state index >= 15 is 0 Å². The molecule has 2 aromatic carbocycles. The number of aliphatic hydroxyl groups is 1. The molecule has 3 rings (SSSR count). The van der Waals surface area contributed by atoms with Gasteiger partial charge in [-0.05, 0) is 30.8 Å². The van der Waals surface area contributed by atoms with Gasteiger partial charge in [0.15, 0.2) is 0 Å². The van der Waals surface area contributed by atoms with Crippen LogP contribution in [0.5, 0.6) is 0 Å². The molecule has 1 aliphatic heterocycles. The molecule has 152 valence electrons. The minimum Gasteiger partial charge on any atom is -0.390 e. The summed E-state index contributed by atoms with van der Waals surface area (Å²) in [7, 11) is -2.08. The van der Waals surface area contributed by atoms with Crippen LogP contribution in [0.25, 0.3) is 0 Å². The third-order valence-corrected chi connectivity index (χ3v) is 6.70. The van der Waals surface area contributed by atoms with Gasteiger partial charge in [0.1, 0.15) is 0 Å². The lowest BCUT2D eigenvalue weighted by Crippen LogP contribution is -2.40. The summed E-state index contributed by atoms with van der Waals surface area (Å²) >= 11 is 0. The number of nitrogens with zero attached hydrogens (tertiary/aromatic N) is 2. The Balaban J connectivity index is 1.73. The van der Waals surface area contributed by atoms with Gasteiger partial charge in [-0.15, -0.1) is 0 Å². The van der Waals surface area contributed by atoms with Crippen molar-refractivity contribution in [2.45, 2.75) is 29.8 Å². The van der Waals surface area contributed by atoms with Crippen LogP contribution < -0.4 is 0 Å². The summed E-state index contributed by atoms with van der Waals surface area (Å²) in [6.07, 6.45) is -5.36. The molecular formula is C19H21F3N2O3S. The van der Waals surface area contributed by atoms with E-state index in [-0.39, 0.29) is 24.5 Å². The zero-order valence-electron chi connectivity index (χ0n) is 15.2. The summed E-state index contributed by atoms with van der Waals surface area (Å²) in [5.41, 5.74) is -0.299. The Bertz CT molecular complexity index is 920. The second kappa shape index (κ2) is 7.82. The summed E-state index contributed by atoms with van der Waals surface area (Å²) in [6, 6.07) is 12.4. The van der Waals surface area contributed by atoms with E-state index in [1.165, 1.54) is 22.5 Å². The molecule has 0 aromatic heterocycles. The normalized spacial score (nSPS) is 21.4. The highest BCUT2D eigenvalue weighted by Crippen LogP contribution is 2.30. The first-order valence-electron chi connectivity index (χ1n) is 8.68. The minimum absolute atomic E-state index is 0.0607. The first-order chi connectivity index (χ1) is 13.1. The predicted molar refractivity (Wildman–Crippen MR) is 97.9 cm³/mol. The second-order valence-electron chi connectivity index (χ2n) is 6.88. The van der Waals surface area contributed by atoms with Crippen molar-refractivity contribution < 1.29 is 26.7 Å². The molecule has 1 fully saturated rings. The molecule has 5 nitrogen and oxygen atoms in total. The Kier molecular flexibility index (Phi) is 5.81. The van der Waals surface area contributed by atoms with Crippen LogP contribution in [0.4, 0.5) is 13.2 Å². The number of sulfonamides is 1. The maximum Gasteiger partial charge on any atom is 0.416 e. The van der Waals surface area contributed by atoms with Crippen molar-refractivity contribution >= 4 is 10.0 Å². The van der Waals surface area contributed by atoms with E-state index in [9.17, 15) is 26.7 Å². The summed E-state index contributed by atoms with van der Waals surface area (Å²) in [5.74, 6) is 0. The molecule has 9 heteroatoms. The quantitative estimate of drug-likeness (QED) is 0.817. The van der Waals surface area contributed by atoms with Crippen LogP contribution in [-0.4, -0.2) is 55.0 Å². The molecule has 2 aromatic rings. The second-order valence-corrected chi connectivity index (χ2v) is 8.82. The standard InChI is InChI=1S/C19H21F3N2O3S/c1-23(11-14-6-5-7-15(10-14)19(20,21)22)17-12-24(13-18(17)25)28(26,27)16-8-3-2-4-9-16/h2-10,17-18,25H,11-13H2,1H3/t17-,18-/m0/s1. The fourth-order valence-corrected chi connectivity index (χ4v) is 4.85. The number of β-amino-alcohol motifs (C(OH)–C–C–N with tert-alkyl or cyclic N) is 1. The Morgan fingerprint density at radius 2 is 1.79 bits per heavy atom. The summed E-state index contributed by atoms with van der Waals surface area (Å²) in [5, 5.41) is 10.4. The Morgan fingerprint density at radius 3 is 2.43 bits per heavy atom. The van der Waals surface area contributed by atoms with Crippen LogP contribution in [0.15, 0.2) is 59.5 Å². The zero-order chi connectivity index (χ0) is 20.5. The number of likely N-dealkylation sites (N-methyl/N-ethyl adjacent to an activating group) is 1. The number of benzene rings is 2. The highest BCUT2D eigenvalue weighted by molar-refractivity contribution is 7.89. The van der Waals surface area contributed by atoms with E-state index in [0.29, 0.717) is 5.56 Å². The average Bonchev–Trinajstić information content (AvgIpc) is 3.05. The molecule has 0 radical (unpaired) electrons. The van der Waals surface area contributed by atoms with Gasteiger partial charge in [0.2, 0.25) is 10.0 Å². The molecular weight excluding hydrogens is 393 g/mol. The molecule has 1 aliphatic rings. The molecule has 0 saturated carbocycles. The van der Waals surface area contributed by atoms with Gasteiger partial charge in [0.05, 0.1) is 22.6 Å². The van der Waals surface area contributed by atoms with Crippen molar-refractivity contribution in [3.63, 3.8) is 0 Å². The van der Waals surface area contributed by atoms with Crippen LogP contribution in [0, 0.1) is 0 Å². The first-order valence-corrected chi connectivity index (χ1v) is 10.1. The fourth-order valence-electron chi connectivity index (χ4n) is 3.36.